The zero-order chi connectivity index (χ0) is 6.69. The Morgan fingerprint density at radius 1 is 1.89 bits per heavy atom. The Labute approximate surface area is 63.6 Å². The fourth-order valence-corrected chi connectivity index (χ4v) is 1.33. The number of hydrogen-bond donors (Lipinski definition) is 2. The molecule has 1 aliphatic rings. The largest absolute Gasteiger partial charge is 0.291 e. The molecule has 1 saturated heterocycles. The average molecular weight is 161 g/mol. The van der Waals surface area contributed by atoms with Crippen molar-refractivity contribution in [2.24, 2.45) is 0 Å². The molecule has 0 aromatic rings. The van der Waals surface area contributed by atoms with Crippen molar-refractivity contribution in [2.75, 3.05) is 6.54 Å². The van der Waals surface area contributed by atoms with Gasteiger partial charge in [0.15, 0.2) is 4.32 Å². The second-order valence-corrected chi connectivity index (χ2v) is 3.16. The number of hydrazine groups is 2. The van der Waals surface area contributed by atoms with Crippen LogP contribution < -0.4 is 11.0 Å². The van der Waals surface area contributed by atoms with Crippen molar-refractivity contribution in [2.45, 2.75) is 0 Å². The monoisotopic (exact) mass is 161 g/mol. The molecule has 0 aromatic carbocycles. The van der Waals surface area contributed by atoms with E-state index in [1.807, 2.05) is 4.41 Å². The van der Waals surface area contributed by atoms with E-state index in [2.05, 4.69) is 17.5 Å². The van der Waals surface area contributed by atoms with Crippen molar-refractivity contribution in [1.29, 1.82) is 0 Å². The van der Waals surface area contributed by atoms with Crippen molar-refractivity contribution in [3.8, 4) is 0 Å². The van der Waals surface area contributed by atoms with E-state index in [0.717, 1.165) is 10.9 Å². The summed E-state index contributed by atoms with van der Waals surface area (Å²) in [6.07, 6.45) is 1.80. The molecule has 9 heavy (non-hydrogen) atoms. The summed E-state index contributed by atoms with van der Waals surface area (Å²) < 4.78 is 2.60. The van der Waals surface area contributed by atoms with Gasteiger partial charge in [-0.3, -0.25) is 5.43 Å². The first-order valence-electron chi connectivity index (χ1n) is 2.45. The lowest BCUT2D eigenvalue weighted by Gasteiger charge is -2.06. The summed E-state index contributed by atoms with van der Waals surface area (Å²) in [4.78, 5) is 0. The van der Waals surface area contributed by atoms with Gasteiger partial charge in [-0.1, -0.05) is 18.3 Å². The number of thiocarbonyl (C=S) groups is 1. The SMILES string of the molecule is C=CCN1NNC(=S)S1. The first kappa shape index (κ1) is 7.01. The molecule has 0 radical (unpaired) electrons. The molecule has 0 aromatic heterocycles. The second-order valence-electron chi connectivity index (χ2n) is 1.47. The Hall–Kier alpha value is -0.100. The highest BCUT2D eigenvalue weighted by molar-refractivity contribution is 8.21. The molecule has 50 valence electrons. The Balaban J connectivity index is 2.29. The number of nitrogens with zero attached hydrogens (tertiary/aromatic N) is 1. The van der Waals surface area contributed by atoms with E-state index in [1.54, 1.807) is 6.08 Å². The van der Waals surface area contributed by atoms with Gasteiger partial charge in [0, 0.05) is 18.5 Å². The molecular weight excluding hydrogens is 154 g/mol. The van der Waals surface area contributed by atoms with Crippen LogP contribution in [0.15, 0.2) is 12.7 Å². The molecule has 3 nitrogen and oxygen atoms in total. The van der Waals surface area contributed by atoms with Crippen LogP contribution >= 0.6 is 24.2 Å². The summed E-state index contributed by atoms with van der Waals surface area (Å²) in [6.45, 7) is 4.36. The van der Waals surface area contributed by atoms with Gasteiger partial charge in [0.1, 0.15) is 0 Å². The van der Waals surface area contributed by atoms with Crippen LogP contribution in [-0.4, -0.2) is 15.3 Å². The normalized spacial score (nSPS) is 19.8. The third-order valence-electron chi connectivity index (χ3n) is 0.771. The first-order chi connectivity index (χ1) is 4.33. The van der Waals surface area contributed by atoms with Crippen molar-refractivity contribution in [3.63, 3.8) is 0 Å². The zero-order valence-corrected chi connectivity index (χ0v) is 6.39. The van der Waals surface area contributed by atoms with E-state index in [1.165, 1.54) is 11.9 Å². The third-order valence-corrected chi connectivity index (χ3v) is 1.82. The van der Waals surface area contributed by atoms with Gasteiger partial charge in [0.2, 0.25) is 0 Å². The minimum atomic E-state index is 0.747. The van der Waals surface area contributed by atoms with Crippen molar-refractivity contribution >= 4 is 28.5 Å². The van der Waals surface area contributed by atoms with E-state index < -0.39 is 0 Å². The summed E-state index contributed by atoms with van der Waals surface area (Å²) in [7, 11) is 0. The lowest BCUT2D eigenvalue weighted by atomic mass is 10.7. The predicted molar refractivity (Wildman–Crippen MR) is 43.4 cm³/mol. The van der Waals surface area contributed by atoms with Gasteiger partial charge in [0.25, 0.3) is 0 Å². The van der Waals surface area contributed by atoms with E-state index in [9.17, 15) is 0 Å². The Morgan fingerprint density at radius 3 is 3.11 bits per heavy atom. The fraction of sp³-hybridized carbons (Fsp3) is 0.250. The van der Waals surface area contributed by atoms with Crippen LogP contribution in [0.4, 0.5) is 0 Å². The standard InChI is InChI=1S/C4H7N3S2/c1-2-3-7-6-5-4(8)9-7/h2,6H,1,3H2,(H,5,8). The number of rotatable bonds is 2. The van der Waals surface area contributed by atoms with Gasteiger partial charge in [-0.25, -0.2) is 0 Å². The van der Waals surface area contributed by atoms with Crippen molar-refractivity contribution in [1.82, 2.24) is 15.4 Å². The Morgan fingerprint density at radius 2 is 2.67 bits per heavy atom. The van der Waals surface area contributed by atoms with Gasteiger partial charge in [-0.05, 0) is 0 Å². The van der Waals surface area contributed by atoms with E-state index in [4.69, 9.17) is 12.2 Å². The average Bonchev–Trinajstić information content (AvgIpc) is 2.17. The third kappa shape index (κ3) is 1.94. The lowest BCUT2D eigenvalue weighted by molar-refractivity contribution is 0.378. The molecule has 0 bridgehead atoms. The van der Waals surface area contributed by atoms with E-state index in [-0.39, 0.29) is 0 Å². The molecule has 5 heteroatoms. The second kappa shape index (κ2) is 3.17. The molecule has 2 N–H and O–H groups in total. The van der Waals surface area contributed by atoms with E-state index >= 15 is 0 Å². The summed E-state index contributed by atoms with van der Waals surface area (Å²) in [5.74, 6) is 0. The quantitative estimate of drug-likeness (QED) is 0.348. The molecule has 0 spiro atoms. The highest BCUT2D eigenvalue weighted by Crippen LogP contribution is 2.10. The summed E-state index contributed by atoms with van der Waals surface area (Å²) in [5.41, 5.74) is 5.62. The van der Waals surface area contributed by atoms with E-state index in [0.29, 0.717) is 0 Å². The van der Waals surface area contributed by atoms with Crippen molar-refractivity contribution in [3.05, 3.63) is 12.7 Å². The van der Waals surface area contributed by atoms with Gasteiger partial charge >= 0.3 is 0 Å². The molecule has 0 saturated carbocycles. The maximum Gasteiger partial charge on any atom is 0.165 e. The maximum absolute atomic E-state index is 4.82. The predicted octanol–water partition coefficient (Wildman–Crippen LogP) is 0.430. The summed E-state index contributed by atoms with van der Waals surface area (Å²) in [6, 6.07) is 0. The number of nitrogens with one attached hydrogen (secondary N) is 2. The molecular formula is C4H7N3S2. The van der Waals surface area contributed by atoms with Crippen LogP contribution in [0.5, 0.6) is 0 Å². The summed E-state index contributed by atoms with van der Waals surface area (Å²) in [5, 5.41) is 0. The molecule has 0 aliphatic carbocycles. The highest BCUT2D eigenvalue weighted by atomic mass is 32.2. The van der Waals surface area contributed by atoms with Crippen LogP contribution in [0.1, 0.15) is 0 Å². The van der Waals surface area contributed by atoms with Crippen LogP contribution in [0.3, 0.4) is 0 Å². The van der Waals surface area contributed by atoms with Gasteiger partial charge in [0.05, 0.1) is 0 Å². The zero-order valence-electron chi connectivity index (χ0n) is 4.76. The fourth-order valence-electron chi connectivity index (χ4n) is 0.454. The van der Waals surface area contributed by atoms with Crippen LogP contribution in [0.2, 0.25) is 0 Å². The minimum Gasteiger partial charge on any atom is -0.291 e. The Bertz CT molecular complexity index is 136. The number of hydrogen-bond acceptors (Lipinski definition) is 4. The molecule has 0 atom stereocenters. The molecule has 0 amide bonds. The van der Waals surface area contributed by atoms with Gasteiger partial charge in [-0.2, -0.15) is 9.95 Å². The first-order valence-corrected chi connectivity index (χ1v) is 3.63. The summed E-state index contributed by atoms with van der Waals surface area (Å²) >= 11 is 6.29. The van der Waals surface area contributed by atoms with Gasteiger partial charge < -0.3 is 0 Å². The molecule has 0 unspecified atom stereocenters. The lowest BCUT2D eigenvalue weighted by Crippen LogP contribution is -2.34. The smallest absolute Gasteiger partial charge is 0.165 e. The maximum atomic E-state index is 4.82. The molecule has 1 heterocycles. The minimum absolute atomic E-state index is 0.747. The van der Waals surface area contributed by atoms with Gasteiger partial charge in [-0.15, -0.1) is 6.58 Å². The van der Waals surface area contributed by atoms with Crippen LogP contribution in [0.25, 0.3) is 0 Å². The molecule has 1 fully saturated rings. The Kier molecular flexibility index (Phi) is 2.47. The van der Waals surface area contributed by atoms with Crippen molar-refractivity contribution < 1.29 is 0 Å². The van der Waals surface area contributed by atoms with Crippen LogP contribution in [-0.2, 0) is 0 Å². The molecule has 1 rings (SSSR count). The topological polar surface area (TPSA) is 27.3 Å². The van der Waals surface area contributed by atoms with Crippen LogP contribution in [0, 0.1) is 0 Å². The highest BCUT2D eigenvalue weighted by Gasteiger charge is 2.13. The molecule has 1 aliphatic heterocycles.